The molecule has 0 saturated heterocycles. The van der Waals surface area contributed by atoms with Gasteiger partial charge in [-0.15, -0.1) is 0 Å². The molecule has 0 bridgehead atoms. The average molecular weight is 410 g/mol. The molecule has 0 saturated carbocycles. The van der Waals surface area contributed by atoms with Gasteiger partial charge in [-0.25, -0.2) is 0 Å². The minimum atomic E-state index is 1.03. The van der Waals surface area contributed by atoms with Crippen LogP contribution in [0.15, 0.2) is 103 Å². The molecule has 32 heavy (non-hydrogen) atoms. The Balaban J connectivity index is 1.59. The largest absolute Gasteiger partial charge is 0.256 e. The second-order valence-corrected chi connectivity index (χ2v) is 8.55. The van der Waals surface area contributed by atoms with E-state index in [9.17, 15) is 0 Å². The SMILES string of the molecule is Cc1cccc(C)c1-c1cccc(-c2nccc3c2ccc2c4ccccc4ccc32)c1. The van der Waals surface area contributed by atoms with Crippen molar-refractivity contribution in [2.75, 3.05) is 0 Å². The van der Waals surface area contributed by atoms with Crippen molar-refractivity contribution in [3.8, 4) is 22.4 Å². The summed E-state index contributed by atoms with van der Waals surface area (Å²) in [6.45, 7) is 4.36. The van der Waals surface area contributed by atoms with E-state index in [4.69, 9.17) is 4.98 Å². The summed E-state index contributed by atoms with van der Waals surface area (Å²) >= 11 is 0. The van der Waals surface area contributed by atoms with Crippen molar-refractivity contribution in [1.29, 1.82) is 0 Å². The summed E-state index contributed by atoms with van der Waals surface area (Å²) in [6.07, 6.45) is 1.94. The Morgan fingerprint density at radius 1 is 0.500 bits per heavy atom. The van der Waals surface area contributed by atoms with E-state index in [0.29, 0.717) is 0 Å². The van der Waals surface area contributed by atoms with E-state index in [1.54, 1.807) is 0 Å². The lowest BCUT2D eigenvalue weighted by atomic mass is 9.92. The van der Waals surface area contributed by atoms with Crippen molar-refractivity contribution < 1.29 is 0 Å². The molecule has 5 aromatic carbocycles. The minimum absolute atomic E-state index is 1.03. The molecule has 0 amide bonds. The minimum Gasteiger partial charge on any atom is -0.256 e. The standard InChI is InChI=1S/C31H23N/c1-20-7-5-8-21(2)30(20)23-10-6-11-24(19-23)31-29-16-15-26-25-12-4-3-9-22(25)13-14-27(26)28(29)17-18-32-31/h3-19H,1-2H3. The van der Waals surface area contributed by atoms with Gasteiger partial charge in [0.1, 0.15) is 0 Å². The number of hydrogen-bond acceptors (Lipinski definition) is 1. The van der Waals surface area contributed by atoms with Gasteiger partial charge in [0.25, 0.3) is 0 Å². The third-order valence-corrected chi connectivity index (χ3v) is 6.57. The molecule has 6 rings (SSSR count). The topological polar surface area (TPSA) is 12.9 Å². The number of rotatable bonds is 2. The first-order valence-corrected chi connectivity index (χ1v) is 11.1. The molecule has 0 aliphatic rings. The fraction of sp³-hybridized carbons (Fsp3) is 0.0645. The van der Waals surface area contributed by atoms with Gasteiger partial charge in [-0.2, -0.15) is 0 Å². The van der Waals surface area contributed by atoms with Gasteiger partial charge >= 0.3 is 0 Å². The van der Waals surface area contributed by atoms with Gasteiger partial charge in [0, 0.05) is 17.1 Å². The predicted octanol–water partition coefficient (Wildman–Crippen LogP) is 8.49. The normalized spacial score (nSPS) is 11.4. The summed E-state index contributed by atoms with van der Waals surface area (Å²) in [6, 6.07) is 35.0. The van der Waals surface area contributed by atoms with Crippen LogP contribution in [-0.2, 0) is 0 Å². The highest BCUT2D eigenvalue weighted by Gasteiger charge is 2.12. The molecule has 1 nitrogen and oxygen atoms in total. The molecule has 0 spiro atoms. The highest BCUT2D eigenvalue weighted by molar-refractivity contribution is 6.18. The van der Waals surface area contributed by atoms with Crippen molar-refractivity contribution in [2.45, 2.75) is 13.8 Å². The Morgan fingerprint density at radius 3 is 2.03 bits per heavy atom. The molecule has 6 aromatic rings. The van der Waals surface area contributed by atoms with Gasteiger partial charge in [-0.3, -0.25) is 4.98 Å². The van der Waals surface area contributed by atoms with E-state index in [0.717, 1.165) is 11.3 Å². The van der Waals surface area contributed by atoms with Crippen LogP contribution in [0.1, 0.15) is 11.1 Å². The molecule has 0 atom stereocenters. The van der Waals surface area contributed by atoms with Crippen molar-refractivity contribution >= 4 is 32.3 Å². The van der Waals surface area contributed by atoms with Gasteiger partial charge in [-0.1, -0.05) is 84.9 Å². The molecule has 1 aromatic heterocycles. The molecule has 1 heteroatoms. The zero-order chi connectivity index (χ0) is 21.7. The molecule has 0 aliphatic carbocycles. The monoisotopic (exact) mass is 409 g/mol. The van der Waals surface area contributed by atoms with E-state index in [2.05, 4.69) is 111 Å². The van der Waals surface area contributed by atoms with Crippen LogP contribution in [0.2, 0.25) is 0 Å². The first-order valence-electron chi connectivity index (χ1n) is 11.1. The third-order valence-electron chi connectivity index (χ3n) is 6.57. The van der Waals surface area contributed by atoms with Gasteiger partial charge in [-0.05, 0) is 75.2 Å². The van der Waals surface area contributed by atoms with Crippen LogP contribution in [0.25, 0.3) is 54.7 Å². The molecular formula is C31H23N. The molecular weight excluding hydrogens is 386 g/mol. The van der Waals surface area contributed by atoms with E-state index < -0.39 is 0 Å². The first-order chi connectivity index (χ1) is 15.7. The summed E-state index contributed by atoms with van der Waals surface area (Å²) in [5.74, 6) is 0. The quantitative estimate of drug-likeness (QED) is 0.261. The summed E-state index contributed by atoms with van der Waals surface area (Å²) in [4.78, 5) is 4.83. The average Bonchev–Trinajstić information content (AvgIpc) is 2.83. The zero-order valence-electron chi connectivity index (χ0n) is 18.3. The molecule has 0 unspecified atom stereocenters. The van der Waals surface area contributed by atoms with Crippen molar-refractivity contribution in [3.63, 3.8) is 0 Å². The summed E-state index contributed by atoms with van der Waals surface area (Å²) < 4.78 is 0. The Morgan fingerprint density at radius 2 is 1.16 bits per heavy atom. The fourth-order valence-electron chi connectivity index (χ4n) is 5.08. The smallest absolute Gasteiger partial charge is 0.0780 e. The van der Waals surface area contributed by atoms with Crippen molar-refractivity contribution in [2.24, 2.45) is 0 Å². The van der Waals surface area contributed by atoms with Crippen LogP contribution in [0.3, 0.4) is 0 Å². The van der Waals surface area contributed by atoms with Crippen LogP contribution in [0.4, 0.5) is 0 Å². The van der Waals surface area contributed by atoms with Crippen LogP contribution in [0, 0.1) is 13.8 Å². The maximum absolute atomic E-state index is 4.83. The molecule has 0 fully saturated rings. The third kappa shape index (κ3) is 2.90. The molecule has 152 valence electrons. The predicted molar refractivity (Wildman–Crippen MR) is 137 cm³/mol. The second-order valence-electron chi connectivity index (χ2n) is 8.55. The van der Waals surface area contributed by atoms with Crippen molar-refractivity contribution in [3.05, 3.63) is 114 Å². The maximum atomic E-state index is 4.83. The second kappa shape index (κ2) is 7.32. The van der Waals surface area contributed by atoms with E-state index in [1.807, 2.05) is 6.20 Å². The van der Waals surface area contributed by atoms with Gasteiger partial charge in [0.15, 0.2) is 0 Å². The maximum Gasteiger partial charge on any atom is 0.0780 e. The van der Waals surface area contributed by atoms with Gasteiger partial charge in [0.05, 0.1) is 5.69 Å². The Kier molecular flexibility index (Phi) is 4.29. The Bertz CT molecular complexity index is 1620. The van der Waals surface area contributed by atoms with Gasteiger partial charge < -0.3 is 0 Å². The molecule has 0 radical (unpaired) electrons. The number of pyridine rings is 1. The highest BCUT2D eigenvalue weighted by Crippen LogP contribution is 2.36. The number of benzene rings is 5. The van der Waals surface area contributed by atoms with Crippen LogP contribution in [0.5, 0.6) is 0 Å². The highest BCUT2D eigenvalue weighted by atomic mass is 14.7. The Labute approximate surface area is 188 Å². The van der Waals surface area contributed by atoms with E-state index >= 15 is 0 Å². The lowest BCUT2D eigenvalue weighted by Crippen LogP contribution is -1.91. The fourth-order valence-corrected chi connectivity index (χ4v) is 5.08. The summed E-state index contributed by atoms with van der Waals surface area (Å²) in [5.41, 5.74) is 7.33. The summed E-state index contributed by atoms with van der Waals surface area (Å²) in [7, 11) is 0. The lowest BCUT2D eigenvalue weighted by molar-refractivity contribution is 1.35. The molecule has 0 aliphatic heterocycles. The van der Waals surface area contributed by atoms with Crippen molar-refractivity contribution in [1.82, 2.24) is 4.98 Å². The number of hydrogen-bond donors (Lipinski definition) is 0. The molecule has 0 N–H and O–H groups in total. The number of aromatic nitrogens is 1. The zero-order valence-corrected chi connectivity index (χ0v) is 18.3. The lowest BCUT2D eigenvalue weighted by Gasteiger charge is -2.13. The van der Waals surface area contributed by atoms with Crippen LogP contribution in [-0.4, -0.2) is 4.98 Å². The van der Waals surface area contributed by atoms with E-state index in [-0.39, 0.29) is 0 Å². The van der Waals surface area contributed by atoms with Crippen LogP contribution < -0.4 is 0 Å². The first kappa shape index (κ1) is 18.8. The van der Waals surface area contributed by atoms with E-state index in [1.165, 1.54) is 54.6 Å². The Hall–Kier alpha value is -3.97. The number of nitrogens with zero attached hydrogens (tertiary/aromatic N) is 1. The molecule has 1 heterocycles. The van der Waals surface area contributed by atoms with Gasteiger partial charge in [0.2, 0.25) is 0 Å². The van der Waals surface area contributed by atoms with Crippen LogP contribution >= 0.6 is 0 Å². The summed E-state index contributed by atoms with van der Waals surface area (Å²) in [5, 5.41) is 7.56. The number of aryl methyl sites for hydroxylation is 2. The number of fused-ring (bicyclic) bond motifs is 5.